The minimum absolute atomic E-state index is 0.0314. The van der Waals surface area contributed by atoms with Crippen molar-refractivity contribution in [3.63, 3.8) is 0 Å². The maximum atomic E-state index is 12.4. The first-order valence-corrected chi connectivity index (χ1v) is 9.73. The number of rotatable bonds is 6. The predicted octanol–water partition coefficient (Wildman–Crippen LogP) is 4.34. The number of benzene rings is 2. The number of nitrogens with two attached hydrogens (primary N) is 1. The Balaban J connectivity index is 1.76. The molecule has 0 bridgehead atoms. The van der Waals surface area contributed by atoms with Crippen molar-refractivity contribution in [2.75, 3.05) is 7.11 Å². The van der Waals surface area contributed by atoms with Crippen molar-refractivity contribution in [3.05, 3.63) is 80.6 Å². The average molecular weight is 447 g/mol. The second-order valence-electron chi connectivity index (χ2n) is 6.54. The molecule has 0 amide bonds. The van der Waals surface area contributed by atoms with Gasteiger partial charge in [-0.3, -0.25) is 4.68 Å². The van der Waals surface area contributed by atoms with Gasteiger partial charge in [-0.1, -0.05) is 40.5 Å². The van der Waals surface area contributed by atoms with Crippen molar-refractivity contribution in [1.82, 2.24) is 9.78 Å². The van der Waals surface area contributed by atoms with Gasteiger partial charge >= 0.3 is 5.97 Å². The van der Waals surface area contributed by atoms with Crippen LogP contribution in [-0.4, -0.2) is 28.7 Å². The summed E-state index contributed by atoms with van der Waals surface area (Å²) in [7, 11) is 1.49. The highest BCUT2D eigenvalue weighted by Gasteiger charge is 2.13. The van der Waals surface area contributed by atoms with E-state index < -0.39 is 5.97 Å². The van der Waals surface area contributed by atoms with Crippen LogP contribution in [0, 0.1) is 13.8 Å². The first kappa shape index (κ1) is 21.7. The lowest BCUT2D eigenvalue weighted by atomic mass is 10.1. The quantitative estimate of drug-likeness (QED) is 0.263. The SMILES string of the molecule is COc1ccc(Cl)cc1/C(N)=N/OC(=O)c1cccc(Cn2nc(C)c(Cl)c2C)c1. The van der Waals surface area contributed by atoms with Crippen molar-refractivity contribution in [1.29, 1.82) is 0 Å². The zero-order valence-corrected chi connectivity index (χ0v) is 18.2. The third kappa shape index (κ3) is 4.75. The number of ether oxygens (including phenoxy) is 1. The first-order chi connectivity index (χ1) is 14.3. The van der Waals surface area contributed by atoms with Crippen molar-refractivity contribution in [2.24, 2.45) is 10.9 Å². The van der Waals surface area contributed by atoms with Gasteiger partial charge in [-0.2, -0.15) is 5.10 Å². The monoisotopic (exact) mass is 446 g/mol. The number of carbonyl (C=O) groups is 1. The fourth-order valence-electron chi connectivity index (χ4n) is 2.87. The molecule has 3 rings (SSSR count). The summed E-state index contributed by atoms with van der Waals surface area (Å²) in [6.07, 6.45) is 0. The van der Waals surface area contributed by atoms with Gasteiger partial charge in [0.2, 0.25) is 0 Å². The molecule has 0 saturated carbocycles. The molecule has 0 unspecified atom stereocenters. The number of hydrogen-bond donors (Lipinski definition) is 1. The van der Waals surface area contributed by atoms with Gasteiger partial charge in [0.15, 0.2) is 5.84 Å². The Hall–Kier alpha value is -3.03. The Bertz CT molecular complexity index is 1130. The Kier molecular flexibility index (Phi) is 6.64. The molecule has 0 radical (unpaired) electrons. The number of aromatic nitrogens is 2. The number of hydrogen-bond acceptors (Lipinski definition) is 5. The van der Waals surface area contributed by atoms with E-state index in [2.05, 4.69) is 10.3 Å². The van der Waals surface area contributed by atoms with Crippen molar-refractivity contribution >= 4 is 35.0 Å². The molecule has 0 aliphatic heterocycles. The van der Waals surface area contributed by atoms with Crippen LogP contribution in [-0.2, 0) is 11.4 Å². The molecule has 0 aliphatic carbocycles. The normalized spacial score (nSPS) is 11.4. The van der Waals surface area contributed by atoms with Gasteiger partial charge in [0.1, 0.15) is 5.75 Å². The van der Waals surface area contributed by atoms with E-state index >= 15 is 0 Å². The second-order valence-corrected chi connectivity index (χ2v) is 7.36. The van der Waals surface area contributed by atoms with E-state index in [-0.39, 0.29) is 5.84 Å². The Morgan fingerprint density at radius 3 is 2.63 bits per heavy atom. The van der Waals surface area contributed by atoms with E-state index in [9.17, 15) is 4.79 Å². The molecule has 3 aromatic rings. The number of amidine groups is 1. The van der Waals surface area contributed by atoms with Crippen molar-refractivity contribution in [3.8, 4) is 5.75 Å². The summed E-state index contributed by atoms with van der Waals surface area (Å²) in [6.45, 7) is 4.20. The molecule has 1 aromatic heterocycles. The zero-order chi connectivity index (χ0) is 21.8. The molecule has 7 nitrogen and oxygen atoms in total. The standard InChI is InChI=1S/C21H20Cl2N4O3/c1-12-19(23)13(2)27(25-12)11-14-5-4-6-15(9-14)21(28)30-26-20(24)17-10-16(22)7-8-18(17)29-3/h4-10H,11H2,1-3H3,(H2,24,26). The summed E-state index contributed by atoms with van der Waals surface area (Å²) in [5, 5.41) is 9.22. The van der Waals surface area contributed by atoms with Crippen LogP contribution < -0.4 is 10.5 Å². The summed E-state index contributed by atoms with van der Waals surface area (Å²) >= 11 is 12.2. The smallest absolute Gasteiger partial charge is 0.365 e. The molecular formula is C21H20Cl2N4O3. The van der Waals surface area contributed by atoms with Crippen LogP contribution in [0.2, 0.25) is 10.0 Å². The average Bonchev–Trinajstić information content (AvgIpc) is 2.98. The van der Waals surface area contributed by atoms with Gasteiger partial charge in [-0.15, -0.1) is 0 Å². The van der Waals surface area contributed by atoms with Gasteiger partial charge in [-0.05, 0) is 49.7 Å². The van der Waals surface area contributed by atoms with Crippen LogP contribution in [0.5, 0.6) is 5.75 Å². The van der Waals surface area contributed by atoms with Gasteiger partial charge in [0.25, 0.3) is 0 Å². The van der Waals surface area contributed by atoms with E-state index in [0.29, 0.717) is 33.5 Å². The van der Waals surface area contributed by atoms with Gasteiger partial charge < -0.3 is 15.3 Å². The molecule has 0 fully saturated rings. The maximum absolute atomic E-state index is 12.4. The third-order valence-electron chi connectivity index (χ3n) is 4.45. The lowest BCUT2D eigenvalue weighted by molar-refractivity contribution is 0.0516. The van der Waals surface area contributed by atoms with E-state index in [4.69, 9.17) is 38.5 Å². The molecule has 30 heavy (non-hydrogen) atoms. The summed E-state index contributed by atoms with van der Waals surface area (Å²) in [5.41, 5.74) is 9.17. The lowest BCUT2D eigenvalue weighted by Gasteiger charge is -2.08. The summed E-state index contributed by atoms with van der Waals surface area (Å²) in [4.78, 5) is 17.5. The minimum atomic E-state index is -0.646. The molecule has 0 saturated heterocycles. The topological polar surface area (TPSA) is 91.7 Å². The fourth-order valence-corrected chi connectivity index (χ4v) is 3.18. The molecule has 0 spiro atoms. The number of halogens is 2. The highest BCUT2D eigenvalue weighted by Crippen LogP contribution is 2.23. The number of nitrogens with zero attached hydrogens (tertiary/aromatic N) is 3. The Morgan fingerprint density at radius 2 is 1.97 bits per heavy atom. The van der Waals surface area contributed by atoms with Gasteiger partial charge in [0, 0.05) is 5.02 Å². The molecule has 2 aromatic carbocycles. The van der Waals surface area contributed by atoms with E-state index in [1.807, 2.05) is 19.9 Å². The maximum Gasteiger partial charge on any atom is 0.365 e. The van der Waals surface area contributed by atoms with E-state index in [1.165, 1.54) is 7.11 Å². The molecule has 0 atom stereocenters. The molecule has 1 heterocycles. The third-order valence-corrected chi connectivity index (χ3v) is 5.23. The molecule has 2 N–H and O–H groups in total. The van der Waals surface area contributed by atoms with E-state index in [1.54, 1.807) is 41.1 Å². The van der Waals surface area contributed by atoms with Gasteiger partial charge in [-0.25, -0.2) is 4.79 Å². The van der Waals surface area contributed by atoms with Crippen LogP contribution in [0.15, 0.2) is 47.6 Å². The highest BCUT2D eigenvalue weighted by atomic mass is 35.5. The second kappa shape index (κ2) is 9.19. The summed E-state index contributed by atoms with van der Waals surface area (Å²) < 4.78 is 7.01. The Morgan fingerprint density at radius 1 is 1.20 bits per heavy atom. The van der Waals surface area contributed by atoms with Gasteiger partial charge in [0.05, 0.1) is 41.2 Å². The largest absolute Gasteiger partial charge is 0.496 e. The zero-order valence-electron chi connectivity index (χ0n) is 16.6. The van der Waals surface area contributed by atoms with Crippen LogP contribution in [0.3, 0.4) is 0 Å². The summed E-state index contributed by atoms with van der Waals surface area (Å²) in [5.74, 6) is -0.217. The fraction of sp³-hybridized carbons (Fsp3) is 0.190. The minimum Gasteiger partial charge on any atom is -0.496 e. The number of aryl methyl sites for hydroxylation is 1. The number of methoxy groups -OCH3 is 1. The molecule has 0 aliphatic rings. The van der Waals surface area contributed by atoms with Crippen LogP contribution >= 0.6 is 23.2 Å². The van der Waals surface area contributed by atoms with E-state index in [0.717, 1.165) is 17.0 Å². The number of oxime groups is 1. The molecular weight excluding hydrogens is 427 g/mol. The van der Waals surface area contributed by atoms with Crippen LogP contribution in [0.4, 0.5) is 0 Å². The molecule has 156 valence electrons. The highest BCUT2D eigenvalue weighted by molar-refractivity contribution is 6.32. The first-order valence-electron chi connectivity index (χ1n) is 8.97. The van der Waals surface area contributed by atoms with Crippen LogP contribution in [0.1, 0.15) is 32.9 Å². The lowest BCUT2D eigenvalue weighted by Crippen LogP contribution is -2.16. The predicted molar refractivity (Wildman–Crippen MR) is 116 cm³/mol. The Labute approximate surface area is 184 Å². The molecule has 9 heteroatoms. The summed E-state index contributed by atoms with van der Waals surface area (Å²) in [6, 6.07) is 11.9. The van der Waals surface area contributed by atoms with Crippen molar-refractivity contribution < 1.29 is 14.4 Å². The van der Waals surface area contributed by atoms with Crippen LogP contribution in [0.25, 0.3) is 0 Å². The van der Waals surface area contributed by atoms with Crippen molar-refractivity contribution in [2.45, 2.75) is 20.4 Å². The number of carbonyl (C=O) groups excluding carboxylic acids is 1.